The van der Waals surface area contributed by atoms with Gasteiger partial charge in [0.1, 0.15) is 24.4 Å². The van der Waals surface area contributed by atoms with Gasteiger partial charge in [-0.3, -0.25) is 4.99 Å². The first-order valence-corrected chi connectivity index (χ1v) is 8.30. The summed E-state index contributed by atoms with van der Waals surface area (Å²) in [4.78, 5) is 14.9. The molecule has 1 fully saturated rings. The summed E-state index contributed by atoms with van der Waals surface area (Å²) in [7, 11) is 0. The van der Waals surface area contributed by atoms with Crippen LogP contribution in [0.2, 0.25) is 0 Å². The third-order valence-corrected chi connectivity index (χ3v) is 5.97. The Morgan fingerprint density at radius 2 is 2.08 bits per heavy atom. The fourth-order valence-electron chi connectivity index (χ4n) is 2.88. The van der Waals surface area contributed by atoms with Crippen LogP contribution >= 0.6 is 11.8 Å². The first-order valence-electron chi connectivity index (χ1n) is 7.49. The van der Waals surface area contributed by atoms with E-state index in [9.17, 15) is 28.9 Å². The maximum Gasteiger partial charge on any atom is 0.414 e. The molecule has 2 aliphatic rings. The summed E-state index contributed by atoms with van der Waals surface area (Å²) in [5, 5.41) is 29.6. The number of ether oxygens (including phenoxy) is 1. The summed E-state index contributed by atoms with van der Waals surface area (Å²) in [5.74, 6) is 2.18. The van der Waals surface area contributed by atoms with Crippen LogP contribution in [0.4, 0.5) is 13.6 Å². The number of alkyl halides is 2. The maximum absolute atomic E-state index is 13.3. The molecule has 2 heterocycles. The van der Waals surface area contributed by atoms with Crippen LogP contribution in [-0.4, -0.2) is 73.7 Å². The van der Waals surface area contributed by atoms with Gasteiger partial charge in [0.25, 0.3) is 6.43 Å². The van der Waals surface area contributed by atoms with E-state index in [0.717, 1.165) is 16.7 Å². The van der Waals surface area contributed by atoms with Crippen LogP contribution in [0.15, 0.2) is 4.99 Å². The Hall–Kier alpha value is -1.41. The van der Waals surface area contributed by atoms with E-state index in [4.69, 9.17) is 11.2 Å². The number of amidine groups is 1. The van der Waals surface area contributed by atoms with Crippen LogP contribution < -0.4 is 0 Å². The molecule has 0 saturated carbocycles. The lowest BCUT2D eigenvalue weighted by molar-refractivity contribution is -0.245. The normalized spacial score (nSPS) is 35.1. The number of aliphatic hydroxyl groups excluding tert-OH is 2. The number of amides is 1. The molecule has 0 spiro atoms. The SMILES string of the molecule is C#CCN(C(=O)O)C1=N[C@@H]2[C@@H](O)[C@H](O)[C@@H](C(F)F)O[C@]2(C(C)(C)C)S1. The summed E-state index contributed by atoms with van der Waals surface area (Å²) < 4.78 is 32.1. The zero-order chi connectivity index (χ0) is 19.2. The Morgan fingerprint density at radius 1 is 1.48 bits per heavy atom. The van der Waals surface area contributed by atoms with Gasteiger partial charge >= 0.3 is 6.09 Å². The third kappa shape index (κ3) is 3.21. The van der Waals surface area contributed by atoms with Crippen LogP contribution in [0.1, 0.15) is 20.8 Å². The molecule has 0 bridgehead atoms. The molecular formula is C15H20F2N2O5S. The van der Waals surface area contributed by atoms with Crippen LogP contribution in [0.3, 0.4) is 0 Å². The van der Waals surface area contributed by atoms with Crippen LogP contribution in [-0.2, 0) is 4.74 Å². The number of terminal acetylenes is 1. The number of aliphatic imine (C=N–C) groups is 1. The fraction of sp³-hybridized carbons (Fsp3) is 0.733. The summed E-state index contributed by atoms with van der Waals surface area (Å²) in [5.41, 5.74) is -0.817. The topological polar surface area (TPSA) is 103 Å². The lowest BCUT2D eigenvalue weighted by Gasteiger charge is -2.51. The van der Waals surface area contributed by atoms with Crippen molar-refractivity contribution in [2.24, 2.45) is 10.4 Å². The van der Waals surface area contributed by atoms with E-state index in [-0.39, 0.29) is 11.7 Å². The van der Waals surface area contributed by atoms with E-state index in [1.165, 1.54) is 0 Å². The predicted octanol–water partition coefficient (Wildman–Crippen LogP) is 1.20. The highest BCUT2D eigenvalue weighted by Gasteiger charge is 2.65. The molecule has 5 atom stereocenters. The van der Waals surface area contributed by atoms with Gasteiger partial charge in [-0.05, 0) is 11.8 Å². The van der Waals surface area contributed by atoms with Crippen molar-refractivity contribution in [3.05, 3.63) is 0 Å². The Balaban J connectivity index is 2.50. The van der Waals surface area contributed by atoms with Crippen molar-refractivity contribution >= 4 is 23.0 Å². The lowest BCUT2D eigenvalue weighted by atomic mass is 9.78. The van der Waals surface area contributed by atoms with Crippen LogP contribution in [0, 0.1) is 17.8 Å². The summed E-state index contributed by atoms with van der Waals surface area (Å²) in [6.45, 7) is 4.80. The summed E-state index contributed by atoms with van der Waals surface area (Å²) in [6, 6.07) is -1.13. The van der Waals surface area contributed by atoms with E-state index in [1.54, 1.807) is 20.8 Å². The van der Waals surface area contributed by atoms with Gasteiger partial charge in [0, 0.05) is 5.41 Å². The Morgan fingerprint density at radius 3 is 2.52 bits per heavy atom. The van der Waals surface area contributed by atoms with Gasteiger partial charge < -0.3 is 20.1 Å². The number of carbonyl (C=O) groups is 1. The van der Waals surface area contributed by atoms with Gasteiger partial charge in [-0.25, -0.2) is 18.5 Å². The van der Waals surface area contributed by atoms with E-state index in [1.807, 2.05) is 0 Å². The number of nitrogens with zero attached hydrogens (tertiary/aromatic N) is 2. The van der Waals surface area contributed by atoms with E-state index < -0.39 is 47.2 Å². The molecule has 0 aromatic rings. The number of halogens is 2. The molecule has 0 aliphatic carbocycles. The molecule has 1 saturated heterocycles. The van der Waals surface area contributed by atoms with Crippen LogP contribution in [0.25, 0.3) is 0 Å². The molecule has 10 heteroatoms. The molecule has 2 aliphatic heterocycles. The third-order valence-electron chi connectivity index (χ3n) is 4.21. The number of rotatable bonds is 2. The average molecular weight is 378 g/mol. The highest BCUT2D eigenvalue weighted by molar-refractivity contribution is 8.15. The highest BCUT2D eigenvalue weighted by Crippen LogP contribution is 2.56. The van der Waals surface area contributed by atoms with E-state index >= 15 is 0 Å². The monoisotopic (exact) mass is 378 g/mol. The second kappa shape index (κ2) is 6.72. The van der Waals surface area contributed by atoms with Gasteiger partial charge in [0.15, 0.2) is 10.1 Å². The van der Waals surface area contributed by atoms with Gasteiger partial charge in [-0.2, -0.15) is 0 Å². The van der Waals surface area contributed by atoms with Crippen molar-refractivity contribution in [1.82, 2.24) is 4.90 Å². The second-order valence-corrected chi connectivity index (χ2v) is 8.02. The molecule has 3 N–H and O–H groups in total. The van der Waals surface area contributed by atoms with Gasteiger partial charge in [-0.1, -0.05) is 26.7 Å². The Kier molecular flexibility index (Phi) is 5.35. The van der Waals surface area contributed by atoms with Crippen molar-refractivity contribution in [2.45, 2.75) is 56.5 Å². The minimum atomic E-state index is -3.03. The van der Waals surface area contributed by atoms with Crippen molar-refractivity contribution < 1.29 is 33.6 Å². The number of fused-ring (bicyclic) bond motifs is 1. The molecule has 0 aromatic carbocycles. The fourth-order valence-corrected chi connectivity index (χ4v) is 4.35. The molecule has 25 heavy (non-hydrogen) atoms. The molecule has 1 amide bonds. The lowest BCUT2D eigenvalue weighted by Crippen LogP contribution is -2.66. The maximum atomic E-state index is 13.3. The molecule has 7 nitrogen and oxygen atoms in total. The van der Waals surface area contributed by atoms with E-state index in [2.05, 4.69) is 10.9 Å². The number of carboxylic acid groups (broad SMARTS) is 1. The molecular weight excluding hydrogens is 358 g/mol. The molecule has 2 rings (SSSR count). The minimum absolute atomic E-state index is 0.0634. The van der Waals surface area contributed by atoms with Gasteiger partial charge in [-0.15, -0.1) is 6.42 Å². The summed E-state index contributed by atoms with van der Waals surface area (Å²) in [6.07, 6.45) is -4.64. The highest BCUT2D eigenvalue weighted by atomic mass is 32.2. The molecule has 0 radical (unpaired) electrons. The summed E-state index contributed by atoms with van der Waals surface area (Å²) >= 11 is 0.825. The largest absolute Gasteiger partial charge is 0.465 e. The molecule has 140 valence electrons. The zero-order valence-corrected chi connectivity index (χ0v) is 14.7. The average Bonchev–Trinajstić information content (AvgIpc) is 2.88. The quantitative estimate of drug-likeness (QED) is 0.624. The van der Waals surface area contributed by atoms with E-state index in [0.29, 0.717) is 0 Å². The standard InChI is InChI=1S/C15H20F2N2O5S/c1-5-6-19(13(22)23)12-18-10-8(21)7(20)9(11(16)17)24-15(10,25-12)14(2,3)4/h1,7-11,20-21H,6H2,2-4H3,(H,22,23)/t7-,8-,9-,10+,15-/m0/s1. The Labute approximate surface area is 148 Å². The number of aliphatic hydroxyl groups is 2. The van der Waals surface area contributed by atoms with Crippen molar-refractivity contribution in [3.63, 3.8) is 0 Å². The first kappa shape index (κ1) is 19.9. The van der Waals surface area contributed by atoms with Crippen molar-refractivity contribution in [2.75, 3.05) is 6.54 Å². The van der Waals surface area contributed by atoms with Crippen molar-refractivity contribution in [3.8, 4) is 12.3 Å². The first-order chi connectivity index (χ1) is 11.5. The van der Waals surface area contributed by atoms with Gasteiger partial charge in [0.05, 0.1) is 6.54 Å². The molecule has 0 aromatic heterocycles. The number of hydrogen-bond donors (Lipinski definition) is 3. The predicted molar refractivity (Wildman–Crippen MR) is 87.5 cm³/mol. The van der Waals surface area contributed by atoms with Gasteiger partial charge in [0.2, 0.25) is 0 Å². The Bertz CT molecular complexity index is 618. The van der Waals surface area contributed by atoms with Crippen LogP contribution in [0.5, 0.6) is 0 Å². The number of hydrogen-bond acceptors (Lipinski definition) is 6. The zero-order valence-electron chi connectivity index (χ0n) is 13.9. The minimum Gasteiger partial charge on any atom is -0.465 e. The smallest absolute Gasteiger partial charge is 0.414 e. The number of thioether (sulfide) groups is 1. The second-order valence-electron chi connectivity index (χ2n) is 6.85. The molecule has 0 unspecified atom stereocenters. The van der Waals surface area contributed by atoms with Crippen molar-refractivity contribution in [1.29, 1.82) is 0 Å².